The van der Waals surface area contributed by atoms with Crippen LogP contribution >= 0.6 is 0 Å². The molecule has 0 atom stereocenters. The highest BCUT2D eigenvalue weighted by Crippen LogP contribution is 2.23. The van der Waals surface area contributed by atoms with Gasteiger partial charge >= 0.3 is 5.97 Å². The Morgan fingerprint density at radius 3 is 2.90 bits per heavy atom. The maximum Gasteiger partial charge on any atom is 0.335 e. The molecule has 1 aromatic carbocycles. The minimum Gasteiger partial charge on any atom is -0.490 e. The Hall–Kier alpha value is -2.83. The lowest BCUT2D eigenvalue weighted by molar-refractivity contribution is 0.0697. The Kier molecular flexibility index (Phi) is 4.22. The smallest absolute Gasteiger partial charge is 0.335 e. The fourth-order valence-electron chi connectivity index (χ4n) is 1.78. The average Bonchev–Trinajstić information content (AvgIpc) is 2.47. The highest BCUT2D eigenvalue weighted by Gasteiger charge is 2.12. The van der Waals surface area contributed by atoms with Crippen molar-refractivity contribution < 1.29 is 14.6 Å². The number of anilines is 2. The quantitative estimate of drug-likeness (QED) is 0.868. The molecule has 2 rings (SSSR count). The van der Waals surface area contributed by atoms with Crippen LogP contribution in [0.2, 0.25) is 0 Å². The molecule has 0 aliphatic rings. The average molecular weight is 289 g/mol. The Morgan fingerprint density at radius 2 is 2.24 bits per heavy atom. The van der Waals surface area contributed by atoms with Crippen LogP contribution in [0.15, 0.2) is 35.3 Å². The SMILES string of the molecule is CCOc1cnn(C)c(=O)c1Nc1cccc(C(=O)O)c1. The van der Waals surface area contributed by atoms with Gasteiger partial charge in [0.25, 0.3) is 5.56 Å². The number of hydrogen-bond donors (Lipinski definition) is 2. The molecular formula is C14H15N3O4. The third kappa shape index (κ3) is 3.19. The lowest BCUT2D eigenvalue weighted by Crippen LogP contribution is -2.23. The molecule has 0 radical (unpaired) electrons. The fraction of sp³-hybridized carbons (Fsp3) is 0.214. The second-order valence-electron chi connectivity index (χ2n) is 4.26. The Morgan fingerprint density at radius 1 is 1.48 bits per heavy atom. The van der Waals surface area contributed by atoms with Gasteiger partial charge < -0.3 is 15.2 Å². The van der Waals surface area contributed by atoms with Crippen molar-refractivity contribution in [3.63, 3.8) is 0 Å². The van der Waals surface area contributed by atoms with Crippen LogP contribution in [0.4, 0.5) is 11.4 Å². The molecule has 0 bridgehead atoms. The molecule has 0 saturated heterocycles. The van der Waals surface area contributed by atoms with Crippen molar-refractivity contribution in [3.8, 4) is 5.75 Å². The maximum atomic E-state index is 12.1. The molecule has 0 aliphatic heterocycles. The molecule has 2 aromatic rings. The molecule has 0 unspecified atom stereocenters. The number of carboxylic acids is 1. The lowest BCUT2D eigenvalue weighted by atomic mass is 10.2. The Balaban J connectivity index is 2.43. The standard InChI is InChI=1S/C14H15N3O4/c1-3-21-11-8-15-17(2)13(18)12(11)16-10-6-4-5-9(7-10)14(19)20/h4-8,16H,3H2,1-2H3,(H,19,20). The normalized spacial score (nSPS) is 10.2. The van der Waals surface area contributed by atoms with E-state index < -0.39 is 5.97 Å². The number of nitrogens with one attached hydrogen (secondary N) is 1. The molecule has 0 fully saturated rings. The molecule has 7 nitrogen and oxygen atoms in total. The summed E-state index contributed by atoms with van der Waals surface area (Å²) in [5.74, 6) is -0.715. The molecule has 7 heteroatoms. The zero-order valence-electron chi connectivity index (χ0n) is 11.7. The van der Waals surface area contributed by atoms with E-state index >= 15 is 0 Å². The van der Waals surface area contributed by atoms with Crippen molar-refractivity contribution in [3.05, 3.63) is 46.4 Å². The molecule has 0 spiro atoms. The van der Waals surface area contributed by atoms with E-state index in [1.165, 1.54) is 30.1 Å². The second kappa shape index (κ2) is 6.08. The Bertz CT molecular complexity index is 724. The number of benzene rings is 1. The number of aromatic nitrogens is 2. The van der Waals surface area contributed by atoms with Crippen LogP contribution in [0.5, 0.6) is 5.75 Å². The van der Waals surface area contributed by atoms with E-state index in [0.717, 1.165) is 0 Å². The fourth-order valence-corrected chi connectivity index (χ4v) is 1.78. The zero-order valence-corrected chi connectivity index (χ0v) is 11.7. The summed E-state index contributed by atoms with van der Waals surface area (Å²) in [6, 6.07) is 6.18. The molecular weight excluding hydrogens is 274 g/mol. The predicted molar refractivity (Wildman–Crippen MR) is 77.3 cm³/mol. The number of rotatable bonds is 5. The highest BCUT2D eigenvalue weighted by atomic mass is 16.5. The summed E-state index contributed by atoms with van der Waals surface area (Å²) in [7, 11) is 1.52. The van der Waals surface area contributed by atoms with E-state index in [4.69, 9.17) is 9.84 Å². The largest absolute Gasteiger partial charge is 0.490 e. The van der Waals surface area contributed by atoms with Crippen molar-refractivity contribution in [2.45, 2.75) is 6.92 Å². The third-order valence-electron chi connectivity index (χ3n) is 2.78. The van der Waals surface area contributed by atoms with Crippen molar-refractivity contribution in [2.24, 2.45) is 7.05 Å². The molecule has 0 aliphatic carbocycles. The Labute approximate surface area is 120 Å². The van der Waals surface area contributed by atoms with Gasteiger partial charge in [-0.2, -0.15) is 5.10 Å². The van der Waals surface area contributed by atoms with Crippen LogP contribution in [0.25, 0.3) is 0 Å². The number of aryl methyl sites for hydroxylation is 1. The first-order valence-electron chi connectivity index (χ1n) is 6.32. The van der Waals surface area contributed by atoms with Gasteiger partial charge in [0.15, 0.2) is 11.4 Å². The summed E-state index contributed by atoms with van der Waals surface area (Å²) in [6.07, 6.45) is 1.44. The monoisotopic (exact) mass is 289 g/mol. The molecule has 1 heterocycles. The first-order chi connectivity index (χ1) is 10.0. The van der Waals surface area contributed by atoms with Gasteiger partial charge in [0.2, 0.25) is 0 Å². The van der Waals surface area contributed by atoms with Crippen molar-refractivity contribution in [1.29, 1.82) is 0 Å². The summed E-state index contributed by atoms with van der Waals surface area (Å²) < 4.78 is 6.54. The van der Waals surface area contributed by atoms with Crippen LogP contribution in [0.1, 0.15) is 17.3 Å². The maximum absolute atomic E-state index is 12.1. The summed E-state index contributed by atoms with van der Waals surface area (Å²) in [5.41, 5.74) is 0.474. The summed E-state index contributed by atoms with van der Waals surface area (Å²) in [6.45, 7) is 2.19. The van der Waals surface area contributed by atoms with Crippen LogP contribution in [0, 0.1) is 0 Å². The second-order valence-corrected chi connectivity index (χ2v) is 4.26. The number of carboxylic acid groups (broad SMARTS) is 1. The van der Waals surface area contributed by atoms with E-state index in [1.54, 1.807) is 19.1 Å². The van der Waals surface area contributed by atoms with Gasteiger partial charge in [-0.25, -0.2) is 9.48 Å². The van der Waals surface area contributed by atoms with Crippen LogP contribution in [-0.4, -0.2) is 27.5 Å². The predicted octanol–water partition coefficient (Wildman–Crippen LogP) is 1.62. The number of nitrogens with zero attached hydrogens (tertiary/aromatic N) is 2. The first-order valence-corrected chi connectivity index (χ1v) is 6.32. The molecule has 0 amide bonds. The number of carbonyl (C=O) groups is 1. The first kappa shape index (κ1) is 14.6. The van der Waals surface area contributed by atoms with Gasteiger partial charge in [0.1, 0.15) is 0 Å². The van der Waals surface area contributed by atoms with Crippen molar-refractivity contribution >= 4 is 17.3 Å². The van der Waals surface area contributed by atoms with E-state index in [-0.39, 0.29) is 16.8 Å². The minimum absolute atomic E-state index is 0.129. The van der Waals surface area contributed by atoms with Gasteiger partial charge in [-0.05, 0) is 25.1 Å². The third-order valence-corrected chi connectivity index (χ3v) is 2.78. The van der Waals surface area contributed by atoms with Gasteiger partial charge in [0.05, 0.1) is 18.4 Å². The molecule has 1 aromatic heterocycles. The van der Waals surface area contributed by atoms with Crippen LogP contribution < -0.4 is 15.6 Å². The van der Waals surface area contributed by atoms with Crippen LogP contribution in [0.3, 0.4) is 0 Å². The van der Waals surface area contributed by atoms with Crippen molar-refractivity contribution in [1.82, 2.24) is 9.78 Å². The number of ether oxygens (including phenoxy) is 1. The summed E-state index contributed by atoms with van der Waals surface area (Å²) in [5, 5.41) is 15.8. The number of aromatic carboxylic acids is 1. The zero-order chi connectivity index (χ0) is 15.4. The molecule has 110 valence electrons. The lowest BCUT2D eigenvalue weighted by Gasteiger charge is -2.12. The highest BCUT2D eigenvalue weighted by molar-refractivity contribution is 5.89. The number of hydrogen-bond acceptors (Lipinski definition) is 5. The van der Waals surface area contributed by atoms with Crippen LogP contribution in [-0.2, 0) is 7.05 Å². The summed E-state index contributed by atoms with van der Waals surface area (Å²) >= 11 is 0. The van der Waals surface area contributed by atoms with Gasteiger partial charge in [-0.15, -0.1) is 0 Å². The van der Waals surface area contributed by atoms with E-state index in [9.17, 15) is 9.59 Å². The minimum atomic E-state index is -1.04. The van der Waals surface area contributed by atoms with E-state index in [1.807, 2.05) is 0 Å². The summed E-state index contributed by atoms with van der Waals surface area (Å²) in [4.78, 5) is 23.1. The molecule has 21 heavy (non-hydrogen) atoms. The van der Waals surface area contributed by atoms with Crippen molar-refractivity contribution in [2.75, 3.05) is 11.9 Å². The van der Waals surface area contributed by atoms with E-state index in [0.29, 0.717) is 18.0 Å². The molecule has 2 N–H and O–H groups in total. The van der Waals surface area contributed by atoms with Gasteiger partial charge in [-0.3, -0.25) is 4.79 Å². The van der Waals surface area contributed by atoms with Gasteiger partial charge in [-0.1, -0.05) is 6.07 Å². The molecule has 0 saturated carbocycles. The topological polar surface area (TPSA) is 93.5 Å². The van der Waals surface area contributed by atoms with Gasteiger partial charge in [0, 0.05) is 12.7 Å². The van der Waals surface area contributed by atoms with E-state index in [2.05, 4.69) is 10.4 Å².